The second-order valence-corrected chi connectivity index (χ2v) is 12.5. The number of aromatic nitrogens is 3. The fourth-order valence-corrected chi connectivity index (χ4v) is 6.84. The van der Waals surface area contributed by atoms with Gasteiger partial charge in [0.05, 0.1) is 63.3 Å². The molecule has 1 fully saturated rings. The van der Waals surface area contributed by atoms with E-state index in [2.05, 4.69) is 5.10 Å². The van der Waals surface area contributed by atoms with Crippen LogP contribution in [0.3, 0.4) is 0 Å². The lowest BCUT2D eigenvalue weighted by atomic mass is 9.98. The van der Waals surface area contributed by atoms with Crippen molar-refractivity contribution in [2.45, 2.75) is 25.2 Å². The van der Waals surface area contributed by atoms with Gasteiger partial charge >= 0.3 is 0 Å². The SMILES string of the molecule is Cc1nn(C)c(C)c1N1C(=O)c2c(-c3ccccc3)nc3ccc(S(=O)(=O)CCC(=O)N4CCOCC4)cc3c2C1=O. The number of nitrogens with zero attached hydrogens (tertiary/aromatic N) is 5. The lowest BCUT2D eigenvalue weighted by Gasteiger charge is -2.26. The van der Waals surface area contributed by atoms with Crippen molar-refractivity contribution in [3.8, 4) is 11.3 Å². The quantitative estimate of drug-likeness (QED) is 0.315. The van der Waals surface area contributed by atoms with Crippen molar-refractivity contribution in [1.29, 1.82) is 0 Å². The molecule has 1 saturated heterocycles. The molecule has 0 atom stereocenters. The summed E-state index contributed by atoms with van der Waals surface area (Å²) < 4.78 is 33.6. The molecule has 2 aliphatic heterocycles. The van der Waals surface area contributed by atoms with Crippen LogP contribution in [0.4, 0.5) is 5.69 Å². The first-order chi connectivity index (χ1) is 20.1. The number of amides is 3. The number of rotatable bonds is 6. The number of benzene rings is 2. The van der Waals surface area contributed by atoms with Crippen LogP contribution in [0.2, 0.25) is 0 Å². The maximum absolute atomic E-state index is 14.1. The lowest BCUT2D eigenvalue weighted by molar-refractivity contribution is -0.134. The van der Waals surface area contributed by atoms with E-state index in [4.69, 9.17) is 9.72 Å². The number of anilines is 1. The monoisotopic (exact) mass is 587 g/mol. The van der Waals surface area contributed by atoms with Crippen LogP contribution in [0.15, 0.2) is 53.4 Å². The molecule has 0 N–H and O–H groups in total. The summed E-state index contributed by atoms with van der Waals surface area (Å²) in [6.45, 7) is 5.21. The zero-order chi connectivity index (χ0) is 29.8. The number of imide groups is 1. The van der Waals surface area contributed by atoms with Crippen LogP contribution in [0, 0.1) is 13.8 Å². The molecule has 0 radical (unpaired) electrons. The van der Waals surface area contributed by atoms with Gasteiger partial charge in [0.2, 0.25) is 5.91 Å². The van der Waals surface area contributed by atoms with Gasteiger partial charge in [0, 0.05) is 37.5 Å². The maximum Gasteiger partial charge on any atom is 0.268 e. The molecular formula is C30H29N5O6S. The number of aryl methyl sites for hydroxylation is 2. The van der Waals surface area contributed by atoms with Gasteiger partial charge in [0.1, 0.15) is 0 Å². The Bertz CT molecular complexity index is 1880. The molecule has 4 heterocycles. The van der Waals surface area contributed by atoms with Gasteiger partial charge in [-0.1, -0.05) is 30.3 Å². The number of morpholine rings is 1. The minimum atomic E-state index is -3.90. The average Bonchev–Trinajstić information content (AvgIpc) is 3.40. The first-order valence-corrected chi connectivity index (χ1v) is 15.2. The predicted octanol–water partition coefficient (Wildman–Crippen LogP) is 3.08. The molecule has 0 saturated carbocycles. The van der Waals surface area contributed by atoms with Crippen LogP contribution in [0.5, 0.6) is 0 Å². The Morgan fingerprint density at radius 1 is 0.976 bits per heavy atom. The number of sulfone groups is 1. The minimum Gasteiger partial charge on any atom is -0.378 e. The van der Waals surface area contributed by atoms with Gasteiger partial charge in [-0.25, -0.2) is 18.3 Å². The van der Waals surface area contributed by atoms with Gasteiger partial charge < -0.3 is 9.64 Å². The number of hydrogen-bond acceptors (Lipinski definition) is 8. The second-order valence-electron chi connectivity index (χ2n) is 10.4. The van der Waals surface area contributed by atoms with Gasteiger partial charge in [-0.15, -0.1) is 0 Å². The van der Waals surface area contributed by atoms with Crippen molar-refractivity contribution in [3.05, 3.63) is 71.0 Å². The van der Waals surface area contributed by atoms with E-state index < -0.39 is 21.7 Å². The zero-order valence-corrected chi connectivity index (χ0v) is 24.3. The van der Waals surface area contributed by atoms with Crippen LogP contribution in [-0.2, 0) is 26.4 Å². The molecule has 12 heteroatoms. The van der Waals surface area contributed by atoms with Gasteiger partial charge in [-0.2, -0.15) is 5.10 Å². The second kappa shape index (κ2) is 10.4. The van der Waals surface area contributed by atoms with Crippen LogP contribution < -0.4 is 4.90 Å². The van der Waals surface area contributed by atoms with Gasteiger partial charge in [0.15, 0.2) is 9.84 Å². The molecule has 0 unspecified atom stereocenters. The van der Waals surface area contributed by atoms with E-state index in [0.29, 0.717) is 60.2 Å². The fourth-order valence-electron chi connectivity index (χ4n) is 5.59. The number of hydrogen-bond donors (Lipinski definition) is 0. The molecule has 3 amide bonds. The molecule has 0 bridgehead atoms. The first kappa shape index (κ1) is 27.7. The molecule has 216 valence electrons. The molecule has 0 spiro atoms. The Balaban J connectivity index is 1.46. The fraction of sp³-hybridized carbons (Fsp3) is 0.300. The largest absolute Gasteiger partial charge is 0.378 e. The van der Waals surface area contributed by atoms with Gasteiger partial charge in [0.25, 0.3) is 11.8 Å². The van der Waals surface area contributed by atoms with E-state index >= 15 is 0 Å². The molecule has 2 aromatic heterocycles. The molecule has 6 rings (SSSR count). The molecule has 2 aromatic carbocycles. The zero-order valence-electron chi connectivity index (χ0n) is 23.5. The highest BCUT2D eigenvalue weighted by Gasteiger charge is 2.43. The molecular weight excluding hydrogens is 558 g/mol. The molecule has 4 aromatic rings. The van der Waals surface area contributed by atoms with E-state index in [9.17, 15) is 22.8 Å². The summed E-state index contributed by atoms with van der Waals surface area (Å²) >= 11 is 0. The Morgan fingerprint density at radius 2 is 1.67 bits per heavy atom. The van der Waals surface area contributed by atoms with E-state index in [1.54, 1.807) is 48.7 Å². The number of carbonyl (C=O) groups excluding carboxylic acids is 3. The van der Waals surface area contributed by atoms with E-state index in [1.807, 2.05) is 18.2 Å². The number of pyridine rings is 1. The van der Waals surface area contributed by atoms with Crippen LogP contribution >= 0.6 is 0 Å². The van der Waals surface area contributed by atoms with E-state index in [0.717, 1.165) is 4.90 Å². The van der Waals surface area contributed by atoms with Crippen LogP contribution in [0.25, 0.3) is 22.2 Å². The van der Waals surface area contributed by atoms with Crippen LogP contribution in [0.1, 0.15) is 38.5 Å². The third-order valence-corrected chi connectivity index (χ3v) is 9.55. The predicted molar refractivity (Wildman–Crippen MR) is 155 cm³/mol. The molecule has 42 heavy (non-hydrogen) atoms. The number of ether oxygens (including phenoxy) is 1. The Hall–Kier alpha value is -4.42. The third kappa shape index (κ3) is 4.56. The van der Waals surface area contributed by atoms with Crippen LogP contribution in [-0.4, -0.2) is 77.9 Å². The van der Waals surface area contributed by atoms with E-state index in [1.165, 1.54) is 12.1 Å². The summed E-state index contributed by atoms with van der Waals surface area (Å²) in [6.07, 6.45) is -0.172. The Kier molecular flexibility index (Phi) is 6.90. The highest BCUT2D eigenvalue weighted by molar-refractivity contribution is 7.91. The highest BCUT2D eigenvalue weighted by atomic mass is 32.2. The summed E-state index contributed by atoms with van der Waals surface area (Å²) in [5.74, 6) is -1.77. The summed E-state index contributed by atoms with van der Waals surface area (Å²) in [5, 5.41) is 4.64. The van der Waals surface area contributed by atoms with Crippen molar-refractivity contribution < 1.29 is 27.5 Å². The summed E-state index contributed by atoms with van der Waals surface area (Å²) in [6, 6.07) is 13.4. The minimum absolute atomic E-state index is 0.0475. The van der Waals surface area contributed by atoms with Crippen molar-refractivity contribution in [2.24, 2.45) is 7.05 Å². The molecule has 2 aliphatic rings. The topological polar surface area (TPSA) is 132 Å². The van der Waals surface area contributed by atoms with Crippen molar-refractivity contribution >= 4 is 44.1 Å². The Labute approximate surface area is 242 Å². The van der Waals surface area contributed by atoms with Gasteiger partial charge in [-0.05, 0) is 32.0 Å². The summed E-state index contributed by atoms with van der Waals surface area (Å²) in [5.41, 5.74) is 3.10. The smallest absolute Gasteiger partial charge is 0.268 e. The van der Waals surface area contributed by atoms with E-state index in [-0.39, 0.29) is 39.5 Å². The van der Waals surface area contributed by atoms with Crippen molar-refractivity contribution in [3.63, 3.8) is 0 Å². The molecule has 0 aliphatic carbocycles. The van der Waals surface area contributed by atoms with Gasteiger partial charge in [-0.3, -0.25) is 19.1 Å². The third-order valence-electron chi connectivity index (χ3n) is 7.84. The normalized spacial score (nSPS) is 15.5. The number of fused-ring (bicyclic) bond motifs is 3. The summed E-state index contributed by atoms with van der Waals surface area (Å²) in [7, 11) is -2.17. The molecule has 11 nitrogen and oxygen atoms in total. The standard InChI is InChI=1S/C30H29N5O6S/c1-18-28(19(2)33(3)32-18)35-29(37)25-22-17-21(42(39,40)16-11-24(36)34-12-14-41-15-13-34)9-10-23(22)31-27(26(25)30(35)38)20-7-5-4-6-8-20/h4-10,17H,11-16H2,1-3H3. The first-order valence-electron chi connectivity index (χ1n) is 13.6. The Morgan fingerprint density at radius 3 is 2.33 bits per heavy atom. The number of carbonyl (C=O) groups is 3. The average molecular weight is 588 g/mol. The lowest BCUT2D eigenvalue weighted by Crippen LogP contribution is -2.41. The highest BCUT2D eigenvalue weighted by Crippen LogP contribution is 2.40. The van der Waals surface area contributed by atoms with Crippen molar-refractivity contribution in [1.82, 2.24) is 19.7 Å². The maximum atomic E-state index is 14.1. The summed E-state index contributed by atoms with van der Waals surface area (Å²) in [4.78, 5) is 48.2. The van der Waals surface area contributed by atoms with Crippen molar-refractivity contribution in [2.75, 3.05) is 37.0 Å².